The van der Waals surface area contributed by atoms with Crippen molar-refractivity contribution in [1.82, 2.24) is 0 Å². The van der Waals surface area contributed by atoms with Gasteiger partial charge in [0.25, 0.3) is 5.69 Å². The third kappa shape index (κ3) is 3.75. The number of anilines is 1. The molecule has 2 aromatic rings. The van der Waals surface area contributed by atoms with Crippen molar-refractivity contribution >= 4 is 33.9 Å². The first-order valence-electron chi connectivity index (χ1n) is 8.18. The molecule has 0 unspecified atom stereocenters. The van der Waals surface area contributed by atoms with Crippen molar-refractivity contribution in [3.8, 4) is 0 Å². The second-order valence-electron chi connectivity index (χ2n) is 6.21. The van der Waals surface area contributed by atoms with E-state index in [4.69, 9.17) is 4.74 Å². The number of nitrogens with zero attached hydrogens (tertiary/aromatic N) is 1. The van der Waals surface area contributed by atoms with Crippen LogP contribution in [0.25, 0.3) is 0 Å². The minimum atomic E-state index is -0.601. The summed E-state index contributed by atoms with van der Waals surface area (Å²) >= 11 is 1.33. The number of thiophene rings is 1. The Hall–Kier alpha value is -2.74. The molecule has 8 heteroatoms. The lowest BCUT2D eigenvalue weighted by atomic mass is 10.1. The Kier molecular flexibility index (Phi) is 5.03. The number of hydrogen-bond acceptors (Lipinski definition) is 6. The van der Waals surface area contributed by atoms with Gasteiger partial charge in [0.1, 0.15) is 11.6 Å². The van der Waals surface area contributed by atoms with Crippen molar-refractivity contribution in [3.63, 3.8) is 0 Å². The van der Waals surface area contributed by atoms with Crippen LogP contribution in [-0.4, -0.2) is 16.8 Å². The fourth-order valence-corrected chi connectivity index (χ4v) is 3.60. The predicted molar refractivity (Wildman–Crippen MR) is 97.4 cm³/mol. The summed E-state index contributed by atoms with van der Waals surface area (Å²) in [6.07, 6.45) is 1.74. The summed E-state index contributed by atoms with van der Waals surface area (Å²) in [4.78, 5) is 36.1. The van der Waals surface area contributed by atoms with Crippen LogP contribution in [0.4, 0.5) is 10.7 Å². The van der Waals surface area contributed by atoms with Crippen LogP contribution < -0.4 is 5.32 Å². The Balaban J connectivity index is 1.77. The number of esters is 1. The van der Waals surface area contributed by atoms with Crippen LogP contribution in [0.1, 0.15) is 39.2 Å². The molecule has 0 spiro atoms. The molecule has 1 aromatic heterocycles. The fourth-order valence-electron chi connectivity index (χ4n) is 2.55. The highest BCUT2D eigenvalue weighted by molar-refractivity contribution is 7.16. The van der Waals surface area contributed by atoms with Gasteiger partial charge >= 0.3 is 5.97 Å². The van der Waals surface area contributed by atoms with Crippen molar-refractivity contribution < 1.29 is 19.2 Å². The third-order valence-electron chi connectivity index (χ3n) is 4.32. The summed E-state index contributed by atoms with van der Waals surface area (Å²) in [7, 11) is 0. The van der Waals surface area contributed by atoms with E-state index < -0.39 is 10.9 Å². The molecule has 0 saturated heterocycles. The molecule has 1 amide bonds. The first kappa shape index (κ1) is 18.1. The molecule has 0 aliphatic heterocycles. The largest absolute Gasteiger partial charge is 0.457 e. The lowest BCUT2D eigenvalue weighted by molar-refractivity contribution is -0.385. The van der Waals surface area contributed by atoms with Crippen LogP contribution in [0.2, 0.25) is 0 Å². The number of para-hydroxylation sites is 1. The molecule has 0 atom stereocenters. The summed E-state index contributed by atoms with van der Waals surface area (Å²) in [5.41, 5.74) is 1.29. The number of benzene rings is 1. The van der Waals surface area contributed by atoms with E-state index in [-0.39, 0.29) is 24.1 Å². The highest BCUT2D eigenvalue weighted by Crippen LogP contribution is 2.36. The molecule has 0 radical (unpaired) electrons. The summed E-state index contributed by atoms with van der Waals surface area (Å²) in [6.45, 7) is 3.45. The molecule has 1 aliphatic carbocycles. The lowest BCUT2D eigenvalue weighted by Crippen LogP contribution is -2.16. The number of nitro groups is 1. The number of nitrogens with one attached hydrogen (secondary N) is 1. The number of ether oxygens (including phenoxy) is 1. The highest BCUT2D eigenvalue weighted by atomic mass is 32.1. The second kappa shape index (κ2) is 7.25. The van der Waals surface area contributed by atoms with Gasteiger partial charge in [-0.1, -0.05) is 12.1 Å². The van der Waals surface area contributed by atoms with E-state index in [1.54, 1.807) is 25.1 Å². The van der Waals surface area contributed by atoms with E-state index in [0.717, 1.165) is 23.3 Å². The summed E-state index contributed by atoms with van der Waals surface area (Å²) < 4.78 is 5.31. The molecule has 1 saturated carbocycles. The fraction of sp³-hybridized carbons (Fsp3) is 0.333. The number of amides is 1. The van der Waals surface area contributed by atoms with Crippen LogP contribution in [0.5, 0.6) is 0 Å². The SMILES string of the molecule is Cc1sc(NC(=O)C2CC2)c(C(=O)OCc2ccccc2[N+](=O)[O-])c1C. The maximum atomic E-state index is 12.6. The number of carbonyl (C=O) groups excluding carboxylic acids is 2. The van der Waals surface area contributed by atoms with Crippen molar-refractivity contribution in [2.24, 2.45) is 5.92 Å². The summed E-state index contributed by atoms with van der Waals surface area (Å²) in [5, 5.41) is 14.3. The maximum absolute atomic E-state index is 12.6. The Bertz CT molecular complexity index is 886. The Labute approximate surface area is 154 Å². The molecule has 7 nitrogen and oxygen atoms in total. The first-order chi connectivity index (χ1) is 12.4. The van der Waals surface area contributed by atoms with E-state index in [1.807, 2.05) is 6.92 Å². The Morgan fingerprint density at radius 2 is 2.00 bits per heavy atom. The first-order valence-corrected chi connectivity index (χ1v) is 9.00. The van der Waals surface area contributed by atoms with Gasteiger partial charge < -0.3 is 10.1 Å². The van der Waals surface area contributed by atoms with E-state index in [9.17, 15) is 19.7 Å². The molecule has 136 valence electrons. The van der Waals surface area contributed by atoms with Gasteiger partial charge in [-0.2, -0.15) is 0 Å². The average molecular weight is 374 g/mol. The second-order valence-corrected chi connectivity index (χ2v) is 7.44. The number of carbonyl (C=O) groups is 2. The number of aryl methyl sites for hydroxylation is 1. The zero-order chi connectivity index (χ0) is 18.8. The standard InChI is InChI=1S/C18H18N2O5S/c1-10-11(2)26-17(19-16(21)12-7-8-12)15(10)18(22)25-9-13-5-3-4-6-14(13)20(23)24/h3-6,12H,7-9H2,1-2H3,(H,19,21). The molecule has 1 aliphatic rings. The van der Waals surface area contributed by atoms with E-state index >= 15 is 0 Å². The molecule has 1 aromatic carbocycles. The van der Waals surface area contributed by atoms with Crippen LogP contribution in [0.15, 0.2) is 24.3 Å². The smallest absolute Gasteiger partial charge is 0.341 e. The molecule has 1 heterocycles. The van der Waals surface area contributed by atoms with Gasteiger partial charge in [0.15, 0.2) is 0 Å². The normalized spacial score (nSPS) is 13.3. The van der Waals surface area contributed by atoms with Crippen molar-refractivity contribution in [2.75, 3.05) is 5.32 Å². The van der Waals surface area contributed by atoms with Crippen LogP contribution in [-0.2, 0) is 16.1 Å². The van der Waals surface area contributed by atoms with Gasteiger partial charge in [-0.05, 0) is 38.3 Å². The van der Waals surface area contributed by atoms with Crippen molar-refractivity contribution in [2.45, 2.75) is 33.3 Å². The topological polar surface area (TPSA) is 98.5 Å². The zero-order valence-corrected chi connectivity index (χ0v) is 15.2. The van der Waals surface area contributed by atoms with Crippen LogP contribution >= 0.6 is 11.3 Å². The zero-order valence-electron chi connectivity index (χ0n) is 14.4. The minimum absolute atomic E-state index is 0.0218. The molecular formula is C18H18N2O5S. The third-order valence-corrected chi connectivity index (χ3v) is 5.44. The monoisotopic (exact) mass is 374 g/mol. The number of nitro benzene ring substituents is 1. The van der Waals surface area contributed by atoms with Crippen LogP contribution in [0, 0.1) is 29.9 Å². The maximum Gasteiger partial charge on any atom is 0.341 e. The Morgan fingerprint density at radius 3 is 2.65 bits per heavy atom. The number of hydrogen-bond donors (Lipinski definition) is 1. The minimum Gasteiger partial charge on any atom is -0.457 e. The van der Waals surface area contributed by atoms with E-state index in [0.29, 0.717) is 16.1 Å². The van der Waals surface area contributed by atoms with Crippen LogP contribution in [0.3, 0.4) is 0 Å². The van der Waals surface area contributed by atoms with Gasteiger partial charge in [-0.15, -0.1) is 11.3 Å². The number of rotatable bonds is 6. The van der Waals surface area contributed by atoms with Crippen molar-refractivity contribution in [1.29, 1.82) is 0 Å². The van der Waals surface area contributed by atoms with E-state index in [1.165, 1.54) is 17.4 Å². The van der Waals surface area contributed by atoms with Gasteiger partial charge in [0.05, 0.1) is 16.1 Å². The highest BCUT2D eigenvalue weighted by Gasteiger charge is 2.31. The molecule has 26 heavy (non-hydrogen) atoms. The molecule has 0 bridgehead atoms. The molecule has 1 fully saturated rings. The average Bonchev–Trinajstić information content (AvgIpc) is 3.41. The predicted octanol–water partition coefficient (Wildman–Crippen LogP) is 3.98. The van der Waals surface area contributed by atoms with Gasteiger partial charge in [-0.3, -0.25) is 14.9 Å². The molecule has 1 N–H and O–H groups in total. The van der Waals surface area contributed by atoms with Crippen molar-refractivity contribution in [3.05, 3.63) is 55.9 Å². The summed E-state index contributed by atoms with van der Waals surface area (Å²) in [5.74, 6) is -0.663. The van der Waals surface area contributed by atoms with E-state index in [2.05, 4.69) is 5.32 Å². The lowest BCUT2D eigenvalue weighted by Gasteiger charge is -2.08. The Morgan fingerprint density at radius 1 is 1.31 bits per heavy atom. The summed E-state index contributed by atoms with van der Waals surface area (Å²) in [6, 6.07) is 6.12. The van der Waals surface area contributed by atoms with Gasteiger partial charge in [0.2, 0.25) is 5.91 Å². The quantitative estimate of drug-likeness (QED) is 0.468. The van der Waals surface area contributed by atoms with Gasteiger partial charge in [0, 0.05) is 16.9 Å². The van der Waals surface area contributed by atoms with Gasteiger partial charge in [-0.25, -0.2) is 4.79 Å². The molecular weight excluding hydrogens is 356 g/mol. The molecule has 3 rings (SSSR count).